The summed E-state index contributed by atoms with van der Waals surface area (Å²) in [4.78, 5) is 9.35. The van der Waals surface area contributed by atoms with Crippen LogP contribution in [0.15, 0.2) is 29.6 Å². The highest BCUT2D eigenvalue weighted by Crippen LogP contribution is 2.32. The zero-order valence-electron chi connectivity index (χ0n) is 12.6. The molecule has 4 nitrogen and oxygen atoms in total. The van der Waals surface area contributed by atoms with Crippen molar-refractivity contribution in [1.29, 1.82) is 0 Å². The molecule has 6 heteroatoms. The van der Waals surface area contributed by atoms with Crippen LogP contribution in [0.25, 0.3) is 11.3 Å². The third-order valence-corrected chi connectivity index (χ3v) is 5.04. The SMILES string of the molecule is C[C@@H](O)CN1CCN(c2nc(-c3ccccc3Cl)cs2)CC1. The second-order valence-electron chi connectivity index (χ2n) is 5.63. The smallest absolute Gasteiger partial charge is 0.185 e. The Hall–Kier alpha value is -1.14. The molecule has 1 aliphatic heterocycles. The minimum absolute atomic E-state index is 0.266. The summed E-state index contributed by atoms with van der Waals surface area (Å²) < 4.78 is 0. The van der Waals surface area contributed by atoms with Gasteiger partial charge in [-0.2, -0.15) is 0 Å². The molecule has 0 bridgehead atoms. The van der Waals surface area contributed by atoms with Crippen LogP contribution in [0, 0.1) is 0 Å². The third kappa shape index (κ3) is 3.60. The fourth-order valence-electron chi connectivity index (χ4n) is 2.70. The van der Waals surface area contributed by atoms with Crippen molar-refractivity contribution in [3.05, 3.63) is 34.7 Å². The number of thiazole rings is 1. The topological polar surface area (TPSA) is 39.6 Å². The van der Waals surface area contributed by atoms with Crippen molar-refractivity contribution in [2.75, 3.05) is 37.6 Å². The Morgan fingerprint density at radius 1 is 1.27 bits per heavy atom. The number of hydrogen-bond donors (Lipinski definition) is 1. The minimum Gasteiger partial charge on any atom is -0.392 e. The van der Waals surface area contributed by atoms with Gasteiger partial charge in [0.15, 0.2) is 5.13 Å². The summed E-state index contributed by atoms with van der Waals surface area (Å²) in [5.41, 5.74) is 1.93. The molecule has 3 rings (SSSR count). The first-order valence-electron chi connectivity index (χ1n) is 7.49. The summed E-state index contributed by atoms with van der Waals surface area (Å²) in [6.07, 6.45) is -0.266. The third-order valence-electron chi connectivity index (χ3n) is 3.81. The number of anilines is 1. The first kappa shape index (κ1) is 15.7. The van der Waals surface area contributed by atoms with Gasteiger partial charge in [-0.3, -0.25) is 4.90 Å². The fourth-order valence-corrected chi connectivity index (χ4v) is 3.81. The predicted molar refractivity (Wildman–Crippen MR) is 92.9 cm³/mol. The van der Waals surface area contributed by atoms with Crippen LogP contribution in [0.3, 0.4) is 0 Å². The average molecular weight is 338 g/mol. The normalized spacial score (nSPS) is 17.7. The fraction of sp³-hybridized carbons (Fsp3) is 0.438. The summed E-state index contributed by atoms with van der Waals surface area (Å²) in [5, 5.41) is 13.3. The zero-order valence-corrected chi connectivity index (χ0v) is 14.1. The summed E-state index contributed by atoms with van der Waals surface area (Å²) in [6, 6.07) is 7.81. The Morgan fingerprint density at radius 2 is 2.00 bits per heavy atom. The highest BCUT2D eigenvalue weighted by Gasteiger charge is 2.20. The number of aliphatic hydroxyl groups excluding tert-OH is 1. The molecule has 1 aromatic carbocycles. The molecule has 22 heavy (non-hydrogen) atoms. The molecule has 1 aliphatic rings. The van der Waals surface area contributed by atoms with E-state index in [-0.39, 0.29) is 6.10 Å². The first-order chi connectivity index (χ1) is 10.6. The van der Waals surface area contributed by atoms with E-state index in [1.807, 2.05) is 31.2 Å². The molecule has 0 spiro atoms. The predicted octanol–water partition coefficient (Wildman–Crippen LogP) is 2.97. The van der Waals surface area contributed by atoms with Gasteiger partial charge in [-0.1, -0.05) is 29.8 Å². The Kier molecular flexibility index (Phi) is 4.98. The van der Waals surface area contributed by atoms with Crippen LogP contribution in [0.5, 0.6) is 0 Å². The molecule has 2 aromatic rings. The van der Waals surface area contributed by atoms with Crippen LogP contribution < -0.4 is 4.90 Å². The number of rotatable bonds is 4. The lowest BCUT2D eigenvalue weighted by Crippen LogP contribution is -2.48. The largest absolute Gasteiger partial charge is 0.392 e. The van der Waals surface area contributed by atoms with Crippen molar-refractivity contribution in [1.82, 2.24) is 9.88 Å². The van der Waals surface area contributed by atoms with Crippen LogP contribution in [0.4, 0.5) is 5.13 Å². The van der Waals surface area contributed by atoms with E-state index in [1.165, 1.54) is 0 Å². The van der Waals surface area contributed by atoms with Crippen molar-refractivity contribution >= 4 is 28.1 Å². The molecule has 1 N–H and O–H groups in total. The Balaban J connectivity index is 1.67. The second kappa shape index (κ2) is 6.96. The molecule has 1 fully saturated rings. The van der Waals surface area contributed by atoms with Crippen molar-refractivity contribution in [2.24, 2.45) is 0 Å². The van der Waals surface area contributed by atoms with Crippen molar-refractivity contribution in [3.8, 4) is 11.3 Å². The molecule has 1 atom stereocenters. The first-order valence-corrected chi connectivity index (χ1v) is 8.75. The molecule has 118 valence electrons. The van der Waals surface area contributed by atoms with Crippen LogP contribution in [-0.2, 0) is 0 Å². The van der Waals surface area contributed by atoms with Gasteiger partial charge in [0.2, 0.25) is 0 Å². The number of halogens is 1. The van der Waals surface area contributed by atoms with Gasteiger partial charge < -0.3 is 10.0 Å². The molecule has 0 amide bonds. The van der Waals surface area contributed by atoms with E-state index in [0.29, 0.717) is 0 Å². The molecule has 0 aliphatic carbocycles. The van der Waals surface area contributed by atoms with Gasteiger partial charge in [-0.25, -0.2) is 4.98 Å². The highest BCUT2D eigenvalue weighted by atomic mass is 35.5. The molecular formula is C16H20ClN3OS. The summed E-state index contributed by atoms with van der Waals surface area (Å²) in [7, 11) is 0. The maximum atomic E-state index is 9.46. The number of piperazine rings is 1. The Bertz CT molecular complexity index is 623. The number of aliphatic hydroxyl groups is 1. The van der Waals surface area contributed by atoms with E-state index >= 15 is 0 Å². The van der Waals surface area contributed by atoms with Gasteiger partial charge in [-0.05, 0) is 13.0 Å². The van der Waals surface area contributed by atoms with Gasteiger partial charge in [0, 0.05) is 48.7 Å². The number of nitrogens with zero attached hydrogens (tertiary/aromatic N) is 3. The van der Waals surface area contributed by atoms with Crippen LogP contribution in [-0.4, -0.2) is 53.8 Å². The summed E-state index contributed by atoms with van der Waals surface area (Å²) in [6.45, 7) is 6.40. The summed E-state index contributed by atoms with van der Waals surface area (Å²) >= 11 is 7.91. The van der Waals surface area contributed by atoms with E-state index < -0.39 is 0 Å². The summed E-state index contributed by atoms with van der Waals surface area (Å²) in [5.74, 6) is 0. The average Bonchev–Trinajstić information content (AvgIpc) is 2.97. The highest BCUT2D eigenvalue weighted by molar-refractivity contribution is 7.14. The molecular weight excluding hydrogens is 318 g/mol. The number of benzene rings is 1. The lowest BCUT2D eigenvalue weighted by molar-refractivity contribution is 0.122. The van der Waals surface area contributed by atoms with Gasteiger partial charge in [-0.15, -0.1) is 11.3 Å². The van der Waals surface area contributed by atoms with Crippen LogP contribution in [0.2, 0.25) is 5.02 Å². The van der Waals surface area contributed by atoms with Crippen molar-refractivity contribution in [3.63, 3.8) is 0 Å². The van der Waals surface area contributed by atoms with Crippen molar-refractivity contribution < 1.29 is 5.11 Å². The Labute approximate surface area is 140 Å². The maximum Gasteiger partial charge on any atom is 0.185 e. The van der Waals surface area contributed by atoms with E-state index in [2.05, 4.69) is 15.2 Å². The number of aromatic nitrogens is 1. The number of β-amino-alcohol motifs (C(OH)–C–C–N with tert-alkyl or cyclic N) is 1. The van der Waals surface area contributed by atoms with E-state index in [9.17, 15) is 5.11 Å². The lowest BCUT2D eigenvalue weighted by atomic mass is 10.2. The minimum atomic E-state index is -0.266. The van der Waals surface area contributed by atoms with Gasteiger partial charge in [0.05, 0.1) is 11.8 Å². The van der Waals surface area contributed by atoms with Crippen LogP contribution >= 0.6 is 22.9 Å². The van der Waals surface area contributed by atoms with E-state index in [0.717, 1.165) is 54.1 Å². The van der Waals surface area contributed by atoms with Gasteiger partial charge in [0.1, 0.15) is 0 Å². The van der Waals surface area contributed by atoms with Crippen LogP contribution in [0.1, 0.15) is 6.92 Å². The zero-order chi connectivity index (χ0) is 15.5. The molecule has 0 unspecified atom stereocenters. The second-order valence-corrected chi connectivity index (χ2v) is 6.88. The van der Waals surface area contributed by atoms with Gasteiger partial charge >= 0.3 is 0 Å². The van der Waals surface area contributed by atoms with E-state index in [1.54, 1.807) is 11.3 Å². The standard InChI is InChI=1S/C16H20ClN3OS/c1-12(21)10-19-6-8-20(9-7-19)16-18-15(11-22-16)13-4-2-3-5-14(13)17/h2-5,11-12,21H,6-10H2,1H3/t12-/m1/s1. The molecule has 0 saturated carbocycles. The van der Waals surface area contributed by atoms with Crippen molar-refractivity contribution in [2.45, 2.75) is 13.0 Å². The van der Waals surface area contributed by atoms with E-state index in [4.69, 9.17) is 16.6 Å². The van der Waals surface area contributed by atoms with Gasteiger partial charge in [0.25, 0.3) is 0 Å². The maximum absolute atomic E-state index is 9.46. The molecule has 0 radical (unpaired) electrons. The number of hydrogen-bond acceptors (Lipinski definition) is 5. The molecule has 2 heterocycles. The lowest BCUT2D eigenvalue weighted by Gasteiger charge is -2.35. The Morgan fingerprint density at radius 3 is 2.68 bits per heavy atom. The molecule has 1 aromatic heterocycles. The quantitative estimate of drug-likeness (QED) is 0.931. The molecule has 1 saturated heterocycles. The monoisotopic (exact) mass is 337 g/mol.